The number of hydrogen-bond acceptors (Lipinski definition) is 5. The minimum absolute atomic E-state index is 0.0585. The van der Waals surface area contributed by atoms with E-state index in [4.69, 9.17) is 16.3 Å². The Kier molecular flexibility index (Phi) is 6.49. The quantitative estimate of drug-likeness (QED) is 0.516. The summed E-state index contributed by atoms with van der Waals surface area (Å²) in [5.74, 6) is 0.328. The zero-order chi connectivity index (χ0) is 22.8. The van der Waals surface area contributed by atoms with Gasteiger partial charge >= 0.3 is 0 Å². The van der Waals surface area contributed by atoms with Gasteiger partial charge in [0.2, 0.25) is 0 Å². The normalized spacial score (nSPS) is 11.7. The molecular weight excluding hydrogens is 460 g/mol. The highest BCUT2D eigenvalue weighted by Gasteiger charge is 2.22. The summed E-state index contributed by atoms with van der Waals surface area (Å²) in [5.41, 5.74) is 1.79. The molecule has 0 saturated heterocycles. The maximum atomic E-state index is 12.9. The van der Waals surface area contributed by atoms with Crippen LogP contribution < -0.4 is 14.2 Å². The van der Waals surface area contributed by atoms with E-state index in [1.54, 1.807) is 37.3 Å². The summed E-state index contributed by atoms with van der Waals surface area (Å²) in [7, 11) is -6.64. The molecule has 10 heteroatoms. The number of nitrogens with one attached hydrogen (secondary N) is 2. The van der Waals surface area contributed by atoms with Crippen molar-refractivity contribution in [1.82, 2.24) is 0 Å². The van der Waals surface area contributed by atoms with Crippen LogP contribution in [0.2, 0.25) is 5.02 Å². The number of sulfonamides is 2. The van der Waals surface area contributed by atoms with Crippen LogP contribution in [0.4, 0.5) is 11.4 Å². The zero-order valence-electron chi connectivity index (χ0n) is 17.0. The molecular formula is C21H21ClN2O5S2. The van der Waals surface area contributed by atoms with Gasteiger partial charge in [-0.25, -0.2) is 16.8 Å². The van der Waals surface area contributed by atoms with E-state index in [9.17, 15) is 16.8 Å². The second-order valence-corrected chi connectivity index (χ2v) is 10.5. The summed E-state index contributed by atoms with van der Waals surface area (Å²) in [5, 5.41) is -0.0585. The van der Waals surface area contributed by atoms with Gasteiger partial charge in [0.1, 0.15) is 10.6 Å². The standard InChI is InChI=1S/C21H21ClN2O5S2/c1-14-8-11-20(15(2)12-14)30(25,26)23-16-9-10-17(22)21(13-16)31(27,28)24-18-6-4-5-7-19(18)29-3/h4-13,23-24H,1-3H3. The third-order valence-electron chi connectivity index (χ3n) is 4.44. The first-order valence-corrected chi connectivity index (χ1v) is 12.4. The van der Waals surface area contributed by atoms with E-state index in [0.29, 0.717) is 11.3 Å². The number of benzene rings is 3. The lowest BCUT2D eigenvalue weighted by molar-refractivity contribution is 0.417. The van der Waals surface area contributed by atoms with Gasteiger partial charge in [-0.15, -0.1) is 0 Å². The molecule has 0 aliphatic heterocycles. The van der Waals surface area contributed by atoms with Crippen LogP contribution in [0.25, 0.3) is 0 Å². The number of anilines is 2. The zero-order valence-corrected chi connectivity index (χ0v) is 19.4. The number of halogens is 1. The fourth-order valence-electron chi connectivity index (χ4n) is 3.01. The fourth-order valence-corrected chi connectivity index (χ4v) is 5.89. The van der Waals surface area contributed by atoms with Crippen LogP contribution in [0.1, 0.15) is 11.1 Å². The van der Waals surface area contributed by atoms with E-state index in [1.165, 1.54) is 37.4 Å². The molecule has 164 valence electrons. The number of aryl methyl sites for hydroxylation is 2. The summed E-state index contributed by atoms with van der Waals surface area (Å²) in [4.78, 5) is -0.175. The van der Waals surface area contributed by atoms with Gasteiger partial charge in [0.15, 0.2) is 0 Å². The van der Waals surface area contributed by atoms with Crippen LogP contribution in [-0.4, -0.2) is 23.9 Å². The van der Waals surface area contributed by atoms with E-state index in [1.807, 2.05) is 6.92 Å². The Bertz CT molecular complexity index is 1340. The number of ether oxygens (including phenoxy) is 1. The predicted octanol–water partition coefficient (Wildman–Crippen LogP) is 4.57. The van der Waals surface area contributed by atoms with E-state index >= 15 is 0 Å². The van der Waals surface area contributed by atoms with Gasteiger partial charge in [0, 0.05) is 0 Å². The van der Waals surface area contributed by atoms with Crippen LogP contribution in [-0.2, 0) is 20.0 Å². The summed E-state index contributed by atoms with van der Waals surface area (Å²) in [6, 6.07) is 15.3. The lowest BCUT2D eigenvalue weighted by Crippen LogP contribution is -2.17. The lowest BCUT2D eigenvalue weighted by atomic mass is 10.2. The molecule has 0 heterocycles. The van der Waals surface area contributed by atoms with Crippen molar-refractivity contribution < 1.29 is 21.6 Å². The highest BCUT2D eigenvalue weighted by atomic mass is 35.5. The Morgan fingerprint density at radius 2 is 1.48 bits per heavy atom. The molecule has 0 radical (unpaired) electrons. The summed E-state index contributed by atoms with van der Waals surface area (Å²) < 4.78 is 61.5. The molecule has 3 rings (SSSR count). The second kappa shape index (κ2) is 8.78. The van der Waals surface area contributed by atoms with Gasteiger partial charge in [-0.3, -0.25) is 9.44 Å². The molecule has 7 nitrogen and oxygen atoms in total. The van der Waals surface area contributed by atoms with Crippen molar-refractivity contribution in [2.24, 2.45) is 0 Å². The Hall–Kier alpha value is -2.75. The molecule has 0 saturated carbocycles. The van der Waals surface area contributed by atoms with Crippen LogP contribution in [0.15, 0.2) is 70.5 Å². The highest BCUT2D eigenvalue weighted by Crippen LogP contribution is 2.31. The van der Waals surface area contributed by atoms with Gasteiger partial charge in [-0.1, -0.05) is 41.4 Å². The number of methoxy groups -OCH3 is 1. The van der Waals surface area contributed by atoms with Crippen molar-refractivity contribution in [1.29, 1.82) is 0 Å². The van der Waals surface area contributed by atoms with Crippen molar-refractivity contribution in [3.8, 4) is 5.75 Å². The van der Waals surface area contributed by atoms with Gasteiger partial charge in [-0.2, -0.15) is 0 Å². The third kappa shape index (κ3) is 5.12. The predicted molar refractivity (Wildman–Crippen MR) is 122 cm³/mol. The van der Waals surface area contributed by atoms with Crippen LogP contribution in [0.3, 0.4) is 0 Å². The highest BCUT2D eigenvalue weighted by molar-refractivity contribution is 7.93. The molecule has 3 aromatic carbocycles. The van der Waals surface area contributed by atoms with E-state index in [0.717, 1.165) is 5.56 Å². The maximum Gasteiger partial charge on any atom is 0.263 e. The molecule has 0 spiro atoms. The van der Waals surface area contributed by atoms with Crippen molar-refractivity contribution in [3.63, 3.8) is 0 Å². The first-order valence-electron chi connectivity index (χ1n) is 9.09. The molecule has 0 unspecified atom stereocenters. The van der Waals surface area contributed by atoms with Crippen LogP contribution >= 0.6 is 11.6 Å². The molecule has 0 bridgehead atoms. The Balaban J connectivity index is 1.96. The van der Waals surface area contributed by atoms with Gasteiger partial charge < -0.3 is 4.74 Å². The third-order valence-corrected chi connectivity index (χ3v) is 7.83. The van der Waals surface area contributed by atoms with Crippen molar-refractivity contribution >= 4 is 43.0 Å². The minimum atomic E-state index is -4.13. The van der Waals surface area contributed by atoms with Crippen LogP contribution in [0.5, 0.6) is 5.75 Å². The summed E-state index contributed by atoms with van der Waals surface area (Å²) in [6.45, 7) is 3.55. The van der Waals surface area contributed by atoms with Gasteiger partial charge in [0.05, 0.1) is 28.4 Å². The monoisotopic (exact) mass is 480 g/mol. The SMILES string of the molecule is COc1ccccc1NS(=O)(=O)c1cc(NS(=O)(=O)c2ccc(C)cc2C)ccc1Cl. The second-order valence-electron chi connectivity index (χ2n) is 6.83. The van der Waals surface area contributed by atoms with Gasteiger partial charge in [0.25, 0.3) is 20.0 Å². The fraction of sp³-hybridized carbons (Fsp3) is 0.143. The van der Waals surface area contributed by atoms with Crippen molar-refractivity contribution in [2.75, 3.05) is 16.6 Å². The number of rotatable bonds is 7. The maximum absolute atomic E-state index is 12.9. The summed E-state index contributed by atoms with van der Waals surface area (Å²) in [6.07, 6.45) is 0. The van der Waals surface area contributed by atoms with E-state index in [-0.39, 0.29) is 26.2 Å². The largest absolute Gasteiger partial charge is 0.495 e. The Morgan fingerprint density at radius 1 is 0.806 bits per heavy atom. The summed E-state index contributed by atoms with van der Waals surface area (Å²) >= 11 is 6.12. The number of hydrogen-bond donors (Lipinski definition) is 2. The topological polar surface area (TPSA) is 102 Å². The molecule has 0 amide bonds. The van der Waals surface area contributed by atoms with Crippen molar-refractivity contribution in [3.05, 3.63) is 76.8 Å². The molecule has 0 fully saturated rings. The Labute approximate surface area is 187 Å². The average molecular weight is 481 g/mol. The van der Waals surface area contributed by atoms with Crippen molar-refractivity contribution in [2.45, 2.75) is 23.6 Å². The molecule has 0 aromatic heterocycles. The molecule has 0 aliphatic carbocycles. The Morgan fingerprint density at radius 3 is 2.16 bits per heavy atom. The minimum Gasteiger partial charge on any atom is -0.495 e. The molecule has 0 atom stereocenters. The molecule has 31 heavy (non-hydrogen) atoms. The molecule has 0 aliphatic rings. The van der Waals surface area contributed by atoms with E-state index < -0.39 is 20.0 Å². The number of para-hydroxylation sites is 2. The van der Waals surface area contributed by atoms with Crippen LogP contribution in [0, 0.1) is 13.8 Å². The smallest absolute Gasteiger partial charge is 0.263 e. The molecule has 2 N–H and O–H groups in total. The molecule has 3 aromatic rings. The van der Waals surface area contributed by atoms with Gasteiger partial charge in [-0.05, 0) is 55.8 Å². The average Bonchev–Trinajstić information content (AvgIpc) is 2.69. The van der Waals surface area contributed by atoms with E-state index in [2.05, 4.69) is 9.44 Å². The first kappa shape index (κ1) is 22.9. The lowest BCUT2D eigenvalue weighted by Gasteiger charge is -2.15. The first-order chi connectivity index (χ1) is 14.5.